The maximum absolute atomic E-state index is 13.0. The van der Waals surface area contributed by atoms with E-state index in [0.29, 0.717) is 22.7 Å². The number of fused-ring (bicyclic) bond motifs is 1. The van der Waals surface area contributed by atoms with Crippen molar-refractivity contribution in [2.75, 3.05) is 16.8 Å². The molecule has 1 unspecified atom stereocenters. The summed E-state index contributed by atoms with van der Waals surface area (Å²) in [5, 5.41) is 6.20. The van der Waals surface area contributed by atoms with Crippen molar-refractivity contribution in [3.63, 3.8) is 0 Å². The lowest BCUT2D eigenvalue weighted by molar-refractivity contribution is -0.111. The highest BCUT2D eigenvalue weighted by molar-refractivity contribution is 7.91. The second-order valence-electron chi connectivity index (χ2n) is 7.33. The summed E-state index contributed by atoms with van der Waals surface area (Å²) in [6, 6.07) is 3.09. The third-order valence-electron chi connectivity index (χ3n) is 5.14. The molecular formula is C20H22N2O5S2. The zero-order valence-electron chi connectivity index (χ0n) is 15.8. The summed E-state index contributed by atoms with van der Waals surface area (Å²) in [7, 11) is -3.09. The van der Waals surface area contributed by atoms with E-state index in [4.69, 9.17) is 4.42 Å². The molecule has 1 saturated heterocycles. The van der Waals surface area contributed by atoms with Gasteiger partial charge in [-0.2, -0.15) is 0 Å². The quantitative estimate of drug-likeness (QED) is 0.704. The van der Waals surface area contributed by atoms with Gasteiger partial charge in [-0.1, -0.05) is 0 Å². The third kappa shape index (κ3) is 4.62. The molecular weight excluding hydrogens is 412 g/mol. The van der Waals surface area contributed by atoms with Gasteiger partial charge in [0.25, 0.3) is 5.91 Å². The van der Waals surface area contributed by atoms with Crippen LogP contribution in [-0.2, 0) is 27.5 Å². The molecule has 7 nitrogen and oxygen atoms in total. The molecule has 0 radical (unpaired) electrons. The van der Waals surface area contributed by atoms with E-state index in [1.54, 1.807) is 18.2 Å². The first-order valence-corrected chi connectivity index (χ1v) is 12.2. The van der Waals surface area contributed by atoms with E-state index in [1.165, 1.54) is 23.7 Å². The average molecular weight is 435 g/mol. The van der Waals surface area contributed by atoms with Gasteiger partial charge in [-0.05, 0) is 55.9 Å². The molecule has 2 amide bonds. The van der Waals surface area contributed by atoms with Crippen molar-refractivity contribution in [3.8, 4) is 0 Å². The molecule has 29 heavy (non-hydrogen) atoms. The summed E-state index contributed by atoms with van der Waals surface area (Å²) in [6.45, 7) is 0. The maximum Gasteiger partial charge on any atom is 0.254 e. The Hall–Kier alpha value is -2.39. The third-order valence-corrected chi connectivity index (χ3v) is 8.12. The molecule has 9 heteroatoms. The Morgan fingerprint density at radius 1 is 1.24 bits per heavy atom. The van der Waals surface area contributed by atoms with Crippen molar-refractivity contribution < 1.29 is 22.4 Å². The second kappa shape index (κ2) is 8.16. The van der Waals surface area contributed by atoms with E-state index in [9.17, 15) is 18.0 Å². The van der Waals surface area contributed by atoms with Gasteiger partial charge < -0.3 is 15.1 Å². The molecule has 2 aromatic heterocycles. The molecule has 2 aromatic rings. The Bertz CT molecular complexity index is 1050. The van der Waals surface area contributed by atoms with Gasteiger partial charge in [-0.15, -0.1) is 11.3 Å². The average Bonchev–Trinajstić information content (AvgIpc) is 3.38. The van der Waals surface area contributed by atoms with E-state index >= 15 is 0 Å². The number of sulfone groups is 1. The van der Waals surface area contributed by atoms with Crippen LogP contribution in [0.15, 0.2) is 28.9 Å². The minimum atomic E-state index is -3.09. The van der Waals surface area contributed by atoms with Gasteiger partial charge in [0.05, 0.1) is 23.3 Å². The first kappa shape index (κ1) is 19.9. The molecule has 1 aliphatic carbocycles. The molecule has 4 rings (SSSR count). The highest BCUT2D eigenvalue weighted by Gasteiger charge is 2.32. The van der Waals surface area contributed by atoms with Crippen LogP contribution in [0.4, 0.5) is 5.00 Å². The topological polar surface area (TPSA) is 105 Å². The monoisotopic (exact) mass is 434 g/mol. The van der Waals surface area contributed by atoms with Gasteiger partial charge in [0, 0.05) is 17.0 Å². The number of anilines is 1. The summed E-state index contributed by atoms with van der Waals surface area (Å²) in [5.74, 6) is -0.0280. The van der Waals surface area contributed by atoms with Gasteiger partial charge >= 0.3 is 0 Å². The van der Waals surface area contributed by atoms with Crippen LogP contribution in [0.3, 0.4) is 0 Å². The van der Waals surface area contributed by atoms with Crippen molar-refractivity contribution in [1.82, 2.24) is 5.32 Å². The maximum atomic E-state index is 13.0. The number of thiophene rings is 1. The van der Waals surface area contributed by atoms with Crippen molar-refractivity contribution >= 4 is 44.1 Å². The van der Waals surface area contributed by atoms with Gasteiger partial charge in [0.15, 0.2) is 9.84 Å². The minimum absolute atomic E-state index is 0.0291. The van der Waals surface area contributed by atoms with Crippen LogP contribution in [0, 0.1) is 0 Å². The number of furan rings is 1. The largest absolute Gasteiger partial charge is 0.465 e. The zero-order chi connectivity index (χ0) is 20.4. The lowest BCUT2D eigenvalue weighted by Gasteiger charge is -2.15. The van der Waals surface area contributed by atoms with E-state index in [1.807, 2.05) is 0 Å². The fourth-order valence-electron chi connectivity index (χ4n) is 3.76. The molecule has 154 valence electrons. The normalized spacial score (nSPS) is 20.5. The molecule has 0 aromatic carbocycles. The Morgan fingerprint density at radius 2 is 2.07 bits per heavy atom. The van der Waals surface area contributed by atoms with Crippen LogP contribution < -0.4 is 10.6 Å². The van der Waals surface area contributed by atoms with Crippen LogP contribution in [0.5, 0.6) is 0 Å². The fourth-order valence-corrected chi connectivity index (χ4v) is 6.72. The van der Waals surface area contributed by atoms with Crippen molar-refractivity contribution in [2.24, 2.45) is 0 Å². The summed E-state index contributed by atoms with van der Waals surface area (Å²) in [5.41, 5.74) is 1.46. The number of hydrogen-bond donors (Lipinski definition) is 2. The number of carbonyl (C=O) groups is 2. The van der Waals surface area contributed by atoms with Crippen LogP contribution >= 0.6 is 11.3 Å². The smallest absolute Gasteiger partial charge is 0.254 e. The fraction of sp³-hybridized carbons (Fsp3) is 0.400. The Kier molecular flexibility index (Phi) is 5.60. The summed E-state index contributed by atoms with van der Waals surface area (Å²) < 4.78 is 28.6. The standard InChI is InChI=1S/C20H22N2O5S2/c23-17(8-7-14-4-3-10-27-14)22-20-18(15-5-1-2-6-16(15)28-20)19(24)21-13-9-11-29(25,26)12-13/h3-4,7-8,10,13H,1-2,5-6,9,11-12H2,(H,21,24)(H,22,23). The highest BCUT2D eigenvalue weighted by atomic mass is 32.2. The van der Waals surface area contributed by atoms with E-state index < -0.39 is 9.84 Å². The number of aryl methyl sites for hydroxylation is 1. The predicted octanol–water partition coefficient (Wildman–Crippen LogP) is 2.79. The molecule has 0 bridgehead atoms. The number of hydrogen-bond acceptors (Lipinski definition) is 6. The molecule has 1 fully saturated rings. The number of nitrogens with one attached hydrogen (secondary N) is 2. The van der Waals surface area contributed by atoms with Crippen molar-refractivity contribution in [2.45, 2.75) is 38.1 Å². The van der Waals surface area contributed by atoms with Crippen LogP contribution in [0.1, 0.15) is 45.8 Å². The molecule has 0 spiro atoms. The molecule has 0 saturated carbocycles. The summed E-state index contributed by atoms with van der Waals surface area (Å²) in [4.78, 5) is 26.5. The first-order chi connectivity index (χ1) is 13.9. The van der Waals surface area contributed by atoms with E-state index in [2.05, 4.69) is 10.6 Å². The molecule has 1 aliphatic heterocycles. The van der Waals surface area contributed by atoms with Gasteiger partial charge in [0.2, 0.25) is 5.91 Å². The van der Waals surface area contributed by atoms with E-state index in [0.717, 1.165) is 36.1 Å². The molecule has 1 atom stereocenters. The number of amides is 2. The molecule has 2 aliphatic rings. The zero-order valence-corrected chi connectivity index (χ0v) is 17.4. The first-order valence-electron chi connectivity index (χ1n) is 9.60. The van der Waals surface area contributed by atoms with E-state index in [-0.39, 0.29) is 29.4 Å². The molecule has 2 N–H and O–H groups in total. The minimum Gasteiger partial charge on any atom is -0.465 e. The Labute approximate surface area is 173 Å². The molecule has 3 heterocycles. The van der Waals surface area contributed by atoms with Gasteiger partial charge in [-0.25, -0.2) is 8.42 Å². The summed E-state index contributed by atoms with van der Waals surface area (Å²) >= 11 is 1.43. The number of rotatable bonds is 5. The predicted molar refractivity (Wildman–Crippen MR) is 112 cm³/mol. The lowest BCUT2D eigenvalue weighted by atomic mass is 9.95. The highest BCUT2D eigenvalue weighted by Crippen LogP contribution is 2.38. The second-order valence-corrected chi connectivity index (χ2v) is 10.7. The Balaban J connectivity index is 1.54. The van der Waals surface area contributed by atoms with Crippen LogP contribution in [-0.4, -0.2) is 37.8 Å². The van der Waals surface area contributed by atoms with Crippen LogP contribution in [0.2, 0.25) is 0 Å². The SMILES string of the molecule is O=C(C=Cc1ccco1)Nc1sc2c(c1C(=O)NC1CCS(=O)(=O)C1)CCCC2. The van der Waals surface area contributed by atoms with Gasteiger partial charge in [-0.3, -0.25) is 9.59 Å². The van der Waals surface area contributed by atoms with Gasteiger partial charge in [0.1, 0.15) is 10.8 Å². The summed E-state index contributed by atoms with van der Waals surface area (Å²) in [6.07, 6.45) is 8.60. The lowest BCUT2D eigenvalue weighted by Crippen LogP contribution is -2.36. The van der Waals surface area contributed by atoms with Crippen molar-refractivity contribution in [1.29, 1.82) is 0 Å². The Morgan fingerprint density at radius 3 is 2.79 bits per heavy atom. The number of carbonyl (C=O) groups excluding carboxylic acids is 2. The van der Waals surface area contributed by atoms with Crippen molar-refractivity contribution in [3.05, 3.63) is 46.2 Å². The van der Waals surface area contributed by atoms with Crippen LogP contribution in [0.25, 0.3) is 6.08 Å².